The lowest BCUT2D eigenvalue weighted by Crippen LogP contribution is -3.08. The number of carbonyl (C=O) groups is 2. The average Bonchev–Trinajstić information content (AvgIpc) is 3.16. The monoisotopic (exact) mass is 378 g/mol. The number of amides is 2. The van der Waals surface area contributed by atoms with Crippen LogP contribution in [0.15, 0.2) is 36.4 Å². The van der Waals surface area contributed by atoms with E-state index in [-0.39, 0.29) is 11.8 Å². The van der Waals surface area contributed by atoms with E-state index in [0.29, 0.717) is 13.0 Å². The summed E-state index contributed by atoms with van der Waals surface area (Å²) in [6.07, 6.45) is 1.52. The van der Waals surface area contributed by atoms with E-state index in [1.807, 2.05) is 43.4 Å². The summed E-state index contributed by atoms with van der Waals surface area (Å²) in [5.41, 5.74) is 1.63. The Labute approximate surface area is 156 Å². The predicted octanol–water partition coefficient (Wildman–Crippen LogP) is 2.18. The van der Waals surface area contributed by atoms with E-state index in [1.165, 1.54) is 0 Å². The molecule has 1 saturated heterocycles. The van der Waals surface area contributed by atoms with Gasteiger partial charge in [-0.05, 0) is 42.8 Å². The van der Waals surface area contributed by atoms with Crippen LogP contribution in [0, 0.1) is 0 Å². The van der Waals surface area contributed by atoms with Gasteiger partial charge < -0.3 is 15.1 Å². The summed E-state index contributed by atoms with van der Waals surface area (Å²) in [6, 6.07) is 11.3. The molecule has 0 spiro atoms. The summed E-state index contributed by atoms with van der Waals surface area (Å²) >= 11 is 7.47. The van der Waals surface area contributed by atoms with Crippen LogP contribution >= 0.6 is 22.9 Å². The molecule has 0 saturated carbocycles. The number of carbonyl (C=O) groups excluding carboxylic acids is 2. The van der Waals surface area contributed by atoms with E-state index >= 15 is 0 Å². The van der Waals surface area contributed by atoms with Gasteiger partial charge in [0.15, 0.2) is 6.54 Å². The van der Waals surface area contributed by atoms with Gasteiger partial charge in [-0.1, -0.05) is 11.6 Å². The van der Waals surface area contributed by atoms with Crippen LogP contribution in [-0.4, -0.2) is 32.0 Å². The van der Waals surface area contributed by atoms with E-state index < -0.39 is 0 Å². The quantitative estimate of drug-likeness (QED) is 0.809. The number of nitrogens with one attached hydrogen (secondary N) is 2. The summed E-state index contributed by atoms with van der Waals surface area (Å²) in [7, 11) is 1.98. The smallest absolute Gasteiger partial charge is 0.279 e. The third-order valence-corrected chi connectivity index (χ3v) is 5.33. The molecule has 2 amide bonds. The molecule has 5 nitrogen and oxygen atoms in total. The first-order valence-electron chi connectivity index (χ1n) is 8.27. The second-order valence-electron chi connectivity index (χ2n) is 6.26. The van der Waals surface area contributed by atoms with Gasteiger partial charge in [-0.15, -0.1) is 11.3 Å². The van der Waals surface area contributed by atoms with Crippen LogP contribution in [0.25, 0.3) is 0 Å². The maximum atomic E-state index is 12.2. The Morgan fingerprint density at radius 1 is 1.28 bits per heavy atom. The van der Waals surface area contributed by atoms with Gasteiger partial charge in [0.1, 0.15) is 6.54 Å². The zero-order chi connectivity index (χ0) is 17.8. The van der Waals surface area contributed by atoms with E-state index in [0.717, 1.165) is 45.0 Å². The Hall–Kier alpha value is -1.89. The molecule has 132 valence electrons. The molecular formula is C18H21ClN3O2S+. The number of thiophene rings is 1. The normalized spacial score (nSPS) is 15.4. The average molecular weight is 379 g/mol. The van der Waals surface area contributed by atoms with Crippen molar-refractivity contribution in [2.45, 2.75) is 19.4 Å². The van der Waals surface area contributed by atoms with Gasteiger partial charge in [-0.2, -0.15) is 0 Å². The Balaban J connectivity index is 1.51. The molecule has 1 fully saturated rings. The molecule has 1 aromatic heterocycles. The van der Waals surface area contributed by atoms with Crippen molar-refractivity contribution in [1.29, 1.82) is 0 Å². The molecule has 2 N–H and O–H groups in total. The molecule has 2 heterocycles. The Morgan fingerprint density at radius 3 is 2.64 bits per heavy atom. The second-order valence-corrected chi connectivity index (χ2v) is 8.06. The molecule has 3 rings (SSSR count). The molecule has 1 atom stereocenters. The number of hydrogen-bond donors (Lipinski definition) is 2. The molecule has 2 aromatic rings. The zero-order valence-corrected chi connectivity index (χ0v) is 15.6. The van der Waals surface area contributed by atoms with Crippen molar-refractivity contribution in [1.82, 2.24) is 0 Å². The lowest BCUT2D eigenvalue weighted by Gasteiger charge is -2.16. The van der Waals surface area contributed by atoms with Crippen LogP contribution in [0.5, 0.6) is 0 Å². The molecule has 1 unspecified atom stereocenters. The maximum absolute atomic E-state index is 12.2. The largest absolute Gasteiger partial charge is 0.325 e. The van der Waals surface area contributed by atoms with E-state index in [9.17, 15) is 9.59 Å². The third-order valence-electron chi connectivity index (χ3n) is 4.10. The summed E-state index contributed by atoms with van der Waals surface area (Å²) in [5, 5.41) is 2.91. The fourth-order valence-electron chi connectivity index (χ4n) is 2.93. The molecule has 1 aromatic carbocycles. The highest BCUT2D eigenvalue weighted by atomic mass is 35.5. The highest BCUT2D eigenvalue weighted by Crippen LogP contribution is 2.23. The number of benzene rings is 1. The fraction of sp³-hybridized carbons (Fsp3) is 0.333. The first-order valence-corrected chi connectivity index (χ1v) is 9.46. The third kappa shape index (κ3) is 4.81. The minimum Gasteiger partial charge on any atom is -0.325 e. The van der Waals surface area contributed by atoms with E-state index in [2.05, 4.69) is 5.32 Å². The Morgan fingerprint density at radius 2 is 2.04 bits per heavy atom. The van der Waals surface area contributed by atoms with Gasteiger partial charge >= 0.3 is 0 Å². The Kier molecular flexibility index (Phi) is 5.73. The highest BCUT2D eigenvalue weighted by molar-refractivity contribution is 7.16. The number of rotatable bonds is 6. The van der Waals surface area contributed by atoms with Crippen LogP contribution in [0.2, 0.25) is 4.34 Å². The van der Waals surface area contributed by atoms with E-state index in [1.54, 1.807) is 16.2 Å². The standard InChI is InChI=1S/C18H20ClN3O2S/c1-21(11-15-8-9-16(19)25-15)12-17(23)20-13-4-6-14(7-5-13)22-10-2-3-18(22)24/h4-9H,2-3,10-12H2,1H3,(H,20,23)/p+1. The predicted molar refractivity (Wildman–Crippen MR) is 101 cm³/mol. The van der Waals surface area contributed by atoms with Crippen molar-refractivity contribution in [3.63, 3.8) is 0 Å². The minimum absolute atomic E-state index is 0.0369. The Bertz CT molecular complexity index is 760. The highest BCUT2D eigenvalue weighted by Gasteiger charge is 2.21. The van der Waals surface area contributed by atoms with Gasteiger partial charge in [0.05, 0.1) is 16.3 Å². The first-order chi connectivity index (χ1) is 12.0. The topological polar surface area (TPSA) is 53.9 Å². The molecule has 0 bridgehead atoms. The summed E-state index contributed by atoms with van der Waals surface area (Å²) in [5.74, 6) is 0.126. The number of hydrogen-bond acceptors (Lipinski definition) is 3. The van der Waals surface area contributed by atoms with Gasteiger partial charge in [0.25, 0.3) is 5.91 Å². The fourth-order valence-corrected chi connectivity index (χ4v) is 4.13. The zero-order valence-electron chi connectivity index (χ0n) is 14.0. The molecule has 0 aliphatic carbocycles. The second kappa shape index (κ2) is 7.99. The van der Waals surface area contributed by atoms with Gasteiger partial charge in [0, 0.05) is 24.3 Å². The van der Waals surface area contributed by atoms with Crippen molar-refractivity contribution >= 4 is 46.1 Å². The SMILES string of the molecule is C[NH+](CC(=O)Nc1ccc(N2CCCC2=O)cc1)Cc1ccc(Cl)s1. The van der Waals surface area contributed by atoms with Crippen LogP contribution in [0.1, 0.15) is 17.7 Å². The van der Waals surface area contributed by atoms with Crippen molar-refractivity contribution in [3.05, 3.63) is 45.6 Å². The molecule has 25 heavy (non-hydrogen) atoms. The van der Waals surface area contributed by atoms with E-state index in [4.69, 9.17) is 11.6 Å². The van der Waals surface area contributed by atoms with Crippen LogP contribution in [-0.2, 0) is 16.1 Å². The molecule has 0 radical (unpaired) electrons. The van der Waals surface area contributed by atoms with Crippen LogP contribution in [0.4, 0.5) is 11.4 Å². The number of quaternary nitrogens is 1. The van der Waals surface area contributed by atoms with Crippen molar-refractivity contribution in [2.75, 3.05) is 30.4 Å². The first kappa shape index (κ1) is 17.9. The summed E-state index contributed by atoms with van der Waals surface area (Å²) in [4.78, 5) is 28.0. The number of likely N-dealkylation sites (N-methyl/N-ethyl adjacent to an activating group) is 1. The maximum Gasteiger partial charge on any atom is 0.279 e. The molecule has 7 heteroatoms. The number of nitrogens with zero attached hydrogens (tertiary/aromatic N) is 1. The van der Waals surface area contributed by atoms with Gasteiger partial charge in [0.2, 0.25) is 5.91 Å². The van der Waals surface area contributed by atoms with Gasteiger partial charge in [-0.25, -0.2) is 0 Å². The number of halogens is 1. The molecule has 1 aliphatic heterocycles. The van der Waals surface area contributed by atoms with Crippen molar-refractivity contribution < 1.29 is 14.5 Å². The van der Waals surface area contributed by atoms with Gasteiger partial charge in [-0.3, -0.25) is 9.59 Å². The van der Waals surface area contributed by atoms with Crippen LogP contribution < -0.4 is 15.1 Å². The number of anilines is 2. The molecular weight excluding hydrogens is 358 g/mol. The van der Waals surface area contributed by atoms with Crippen LogP contribution in [0.3, 0.4) is 0 Å². The van der Waals surface area contributed by atoms with Crippen molar-refractivity contribution in [2.24, 2.45) is 0 Å². The lowest BCUT2D eigenvalue weighted by molar-refractivity contribution is -0.884. The summed E-state index contributed by atoms with van der Waals surface area (Å²) in [6.45, 7) is 1.91. The molecule has 1 aliphatic rings. The lowest BCUT2D eigenvalue weighted by atomic mass is 10.2. The van der Waals surface area contributed by atoms with Crippen molar-refractivity contribution in [3.8, 4) is 0 Å². The minimum atomic E-state index is -0.0369. The summed E-state index contributed by atoms with van der Waals surface area (Å²) < 4.78 is 0.767.